The number of carbonyl (C=O) groups excluding carboxylic acids is 1. The molecule has 0 aromatic heterocycles. The van der Waals surface area contributed by atoms with Crippen LogP contribution in [0.3, 0.4) is 0 Å². The molecule has 0 bridgehead atoms. The number of benzene rings is 1. The van der Waals surface area contributed by atoms with Crippen LogP contribution in [0.25, 0.3) is 0 Å². The van der Waals surface area contributed by atoms with Crippen molar-refractivity contribution in [3.05, 3.63) is 35.9 Å². The second kappa shape index (κ2) is 6.54. The summed E-state index contributed by atoms with van der Waals surface area (Å²) in [6, 6.07) is 11.3. The van der Waals surface area contributed by atoms with Crippen LogP contribution in [0.4, 0.5) is 4.79 Å². The molecule has 2 fully saturated rings. The lowest BCUT2D eigenvalue weighted by Gasteiger charge is -2.36. The van der Waals surface area contributed by atoms with Gasteiger partial charge in [-0.2, -0.15) is 0 Å². The number of carbonyl (C=O) groups is 1. The Morgan fingerprint density at radius 2 is 1.74 bits per heavy atom. The molecule has 2 atom stereocenters. The summed E-state index contributed by atoms with van der Waals surface area (Å²) in [6.07, 6.45) is 6.95. The van der Waals surface area contributed by atoms with Crippen LogP contribution in [-0.2, 0) is 4.74 Å². The zero-order valence-electron chi connectivity index (χ0n) is 14.6. The molecule has 3 nitrogen and oxygen atoms in total. The van der Waals surface area contributed by atoms with Gasteiger partial charge < -0.3 is 9.64 Å². The summed E-state index contributed by atoms with van der Waals surface area (Å²) in [4.78, 5) is 14.9. The Morgan fingerprint density at radius 1 is 1.09 bits per heavy atom. The van der Waals surface area contributed by atoms with Gasteiger partial charge in [-0.05, 0) is 45.6 Å². The Balaban J connectivity index is 1.75. The van der Waals surface area contributed by atoms with Gasteiger partial charge in [-0.25, -0.2) is 4.79 Å². The summed E-state index contributed by atoms with van der Waals surface area (Å²) in [5.41, 5.74) is 0.920. The highest BCUT2D eigenvalue weighted by molar-refractivity contribution is 5.70. The third-order valence-electron chi connectivity index (χ3n) is 4.91. The van der Waals surface area contributed by atoms with Crippen molar-refractivity contribution in [2.24, 2.45) is 0 Å². The summed E-state index contributed by atoms with van der Waals surface area (Å²) < 4.78 is 5.73. The van der Waals surface area contributed by atoms with Gasteiger partial charge in [0.15, 0.2) is 0 Å². The molecule has 2 saturated carbocycles. The standard InChI is InChI=1S/C20H29NO2/c1-20(2,3)23-19(22)21(16-12-8-5-9-13-16)18-14-17(18)15-10-6-4-7-11-15/h4,6-7,10-11,16-18H,5,8-9,12-14H2,1-3H3/t17?,18-/m1/s1. The molecule has 126 valence electrons. The van der Waals surface area contributed by atoms with E-state index >= 15 is 0 Å². The first-order valence-corrected chi connectivity index (χ1v) is 9.02. The van der Waals surface area contributed by atoms with Crippen molar-refractivity contribution in [2.75, 3.05) is 0 Å². The molecule has 23 heavy (non-hydrogen) atoms. The summed E-state index contributed by atoms with van der Waals surface area (Å²) >= 11 is 0. The monoisotopic (exact) mass is 315 g/mol. The molecule has 1 unspecified atom stereocenters. The Bertz CT molecular complexity index is 528. The van der Waals surface area contributed by atoms with Crippen LogP contribution in [0, 0.1) is 0 Å². The van der Waals surface area contributed by atoms with Gasteiger partial charge in [0.1, 0.15) is 5.60 Å². The van der Waals surface area contributed by atoms with Crippen LogP contribution >= 0.6 is 0 Å². The molecule has 0 saturated heterocycles. The van der Waals surface area contributed by atoms with Gasteiger partial charge >= 0.3 is 6.09 Å². The number of rotatable bonds is 3. The van der Waals surface area contributed by atoms with E-state index in [9.17, 15) is 4.79 Å². The Hall–Kier alpha value is -1.51. The maximum atomic E-state index is 12.8. The zero-order chi connectivity index (χ0) is 16.4. The lowest BCUT2D eigenvalue weighted by molar-refractivity contribution is 0.00941. The lowest BCUT2D eigenvalue weighted by atomic mass is 9.94. The Morgan fingerprint density at radius 3 is 2.35 bits per heavy atom. The highest BCUT2D eigenvalue weighted by atomic mass is 16.6. The first-order chi connectivity index (χ1) is 11.0. The maximum absolute atomic E-state index is 12.8. The predicted octanol–water partition coefficient (Wildman–Crippen LogP) is 5.11. The van der Waals surface area contributed by atoms with Gasteiger partial charge in [0.25, 0.3) is 0 Å². The van der Waals surface area contributed by atoms with Gasteiger partial charge in [0.2, 0.25) is 0 Å². The van der Waals surface area contributed by atoms with Crippen molar-refractivity contribution >= 4 is 6.09 Å². The van der Waals surface area contributed by atoms with Crippen LogP contribution in [0.2, 0.25) is 0 Å². The lowest BCUT2D eigenvalue weighted by Crippen LogP contribution is -2.46. The first kappa shape index (κ1) is 16.4. The maximum Gasteiger partial charge on any atom is 0.410 e. The van der Waals surface area contributed by atoms with Crippen molar-refractivity contribution in [3.63, 3.8) is 0 Å². The minimum atomic E-state index is -0.429. The summed E-state index contributed by atoms with van der Waals surface area (Å²) in [7, 11) is 0. The highest BCUT2D eigenvalue weighted by Gasteiger charge is 2.48. The van der Waals surface area contributed by atoms with Crippen molar-refractivity contribution in [3.8, 4) is 0 Å². The van der Waals surface area contributed by atoms with Gasteiger partial charge in [0, 0.05) is 18.0 Å². The fraction of sp³-hybridized carbons (Fsp3) is 0.650. The predicted molar refractivity (Wildman–Crippen MR) is 92.5 cm³/mol. The van der Waals surface area contributed by atoms with E-state index in [1.807, 2.05) is 26.8 Å². The van der Waals surface area contributed by atoms with E-state index in [1.54, 1.807) is 0 Å². The average molecular weight is 315 g/mol. The smallest absolute Gasteiger partial charge is 0.410 e. The van der Waals surface area contributed by atoms with E-state index in [4.69, 9.17) is 4.74 Å². The molecule has 3 heteroatoms. The molecule has 1 aromatic carbocycles. The molecule has 2 aliphatic carbocycles. The van der Waals surface area contributed by atoms with Gasteiger partial charge in [-0.15, -0.1) is 0 Å². The van der Waals surface area contributed by atoms with E-state index in [1.165, 1.54) is 24.8 Å². The van der Waals surface area contributed by atoms with Crippen molar-refractivity contribution in [1.29, 1.82) is 0 Å². The van der Waals surface area contributed by atoms with E-state index < -0.39 is 5.60 Å². The van der Waals surface area contributed by atoms with Crippen LogP contribution in [-0.4, -0.2) is 28.7 Å². The van der Waals surface area contributed by atoms with Crippen molar-refractivity contribution in [2.45, 2.75) is 82.9 Å². The molecule has 2 aliphatic rings. The average Bonchev–Trinajstić information content (AvgIpc) is 3.28. The number of hydrogen-bond donors (Lipinski definition) is 0. The summed E-state index contributed by atoms with van der Waals surface area (Å²) in [5.74, 6) is 0.477. The molecular weight excluding hydrogens is 286 g/mol. The summed E-state index contributed by atoms with van der Waals surface area (Å²) in [5, 5.41) is 0. The quantitative estimate of drug-likeness (QED) is 0.775. The molecule has 0 radical (unpaired) electrons. The molecule has 0 aliphatic heterocycles. The second-order valence-corrected chi connectivity index (χ2v) is 8.00. The van der Waals surface area contributed by atoms with E-state index in [0.29, 0.717) is 18.0 Å². The minimum Gasteiger partial charge on any atom is -0.444 e. The fourth-order valence-corrected chi connectivity index (χ4v) is 3.78. The normalized spacial score (nSPS) is 25.0. The van der Waals surface area contributed by atoms with Crippen LogP contribution in [0.15, 0.2) is 30.3 Å². The first-order valence-electron chi connectivity index (χ1n) is 9.02. The second-order valence-electron chi connectivity index (χ2n) is 8.00. The SMILES string of the molecule is CC(C)(C)OC(=O)N(C1CCCCC1)[C@@H]1CC1c1ccccc1. The number of nitrogens with zero attached hydrogens (tertiary/aromatic N) is 1. The van der Waals surface area contributed by atoms with E-state index in [2.05, 4.69) is 29.2 Å². The van der Waals surface area contributed by atoms with E-state index in [-0.39, 0.29) is 6.09 Å². The Labute approximate surface area is 140 Å². The molecule has 3 rings (SSSR count). The van der Waals surface area contributed by atoms with Crippen molar-refractivity contribution < 1.29 is 9.53 Å². The number of ether oxygens (including phenoxy) is 1. The highest BCUT2D eigenvalue weighted by Crippen LogP contribution is 2.47. The van der Waals surface area contributed by atoms with Crippen LogP contribution in [0.1, 0.15) is 70.8 Å². The van der Waals surface area contributed by atoms with Gasteiger partial charge in [0.05, 0.1) is 0 Å². The molecular formula is C20H29NO2. The van der Waals surface area contributed by atoms with Gasteiger partial charge in [-0.1, -0.05) is 49.6 Å². The zero-order valence-corrected chi connectivity index (χ0v) is 14.6. The van der Waals surface area contributed by atoms with Crippen LogP contribution < -0.4 is 0 Å². The molecule has 0 N–H and O–H groups in total. The number of amides is 1. The Kier molecular flexibility index (Phi) is 4.65. The van der Waals surface area contributed by atoms with E-state index in [0.717, 1.165) is 19.3 Å². The molecule has 0 spiro atoms. The summed E-state index contributed by atoms with van der Waals surface area (Å²) in [6.45, 7) is 5.85. The van der Waals surface area contributed by atoms with Crippen LogP contribution in [0.5, 0.6) is 0 Å². The largest absolute Gasteiger partial charge is 0.444 e. The van der Waals surface area contributed by atoms with Gasteiger partial charge in [-0.3, -0.25) is 0 Å². The van der Waals surface area contributed by atoms with Crippen molar-refractivity contribution in [1.82, 2.24) is 4.90 Å². The fourth-order valence-electron chi connectivity index (χ4n) is 3.78. The molecule has 1 aromatic rings. The topological polar surface area (TPSA) is 29.5 Å². The third kappa shape index (κ3) is 4.07. The molecule has 1 amide bonds. The third-order valence-corrected chi connectivity index (χ3v) is 4.91. The molecule has 0 heterocycles. The minimum absolute atomic E-state index is 0.118. The number of hydrogen-bond acceptors (Lipinski definition) is 2.